The molecule has 2 N–H and O–H groups in total. The molecule has 1 amide bonds. The zero-order valence-corrected chi connectivity index (χ0v) is 12.6. The van der Waals surface area contributed by atoms with Crippen molar-refractivity contribution in [2.75, 3.05) is 29.9 Å². The van der Waals surface area contributed by atoms with Gasteiger partial charge >= 0.3 is 6.09 Å². The first-order valence-corrected chi connectivity index (χ1v) is 7.71. The molecule has 2 atom stereocenters. The molecule has 1 aliphatic carbocycles. The molecule has 2 fully saturated rings. The Balaban J connectivity index is 1.82. The van der Waals surface area contributed by atoms with Crippen LogP contribution in [0.3, 0.4) is 0 Å². The van der Waals surface area contributed by atoms with E-state index in [1.54, 1.807) is 6.07 Å². The predicted octanol–water partition coefficient (Wildman–Crippen LogP) is 2.12. The fourth-order valence-electron chi connectivity index (χ4n) is 3.12. The number of nitro benzene ring substituents is 1. The number of nitrogens with zero attached hydrogens (tertiary/aromatic N) is 2. The number of hydrogen-bond donors (Lipinski definition) is 2. The number of amides is 1. The molecule has 1 saturated carbocycles. The minimum atomic E-state index is -0.505. The van der Waals surface area contributed by atoms with Crippen molar-refractivity contribution >= 4 is 23.2 Å². The molecule has 2 unspecified atom stereocenters. The largest absolute Gasteiger partial charge is 0.447 e. The number of hydrogen-bond acceptors (Lipinski definition) is 6. The van der Waals surface area contributed by atoms with Gasteiger partial charge in [-0.3, -0.25) is 15.0 Å². The fourth-order valence-corrected chi connectivity index (χ4v) is 3.12. The first-order valence-electron chi connectivity index (χ1n) is 7.71. The Hall–Kier alpha value is -2.35. The van der Waals surface area contributed by atoms with E-state index in [4.69, 9.17) is 4.74 Å². The summed E-state index contributed by atoms with van der Waals surface area (Å²) >= 11 is 0. The fraction of sp³-hybridized carbons (Fsp3) is 0.533. The first-order chi connectivity index (χ1) is 11.1. The van der Waals surface area contributed by atoms with Gasteiger partial charge in [0.15, 0.2) is 0 Å². The highest BCUT2D eigenvalue weighted by Crippen LogP contribution is 2.33. The van der Waals surface area contributed by atoms with Crippen molar-refractivity contribution in [3.05, 3.63) is 28.3 Å². The van der Waals surface area contributed by atoms with E-state index in [2.05, 4.69) is 5.32 Å². The summed E-state index contributed by atoms with van der Waals surface area (Å²) in [5.74, 6) is 0.156. The topological polar surface area (TPSA) is 105 Å². The van der Waals surface area contributed by atoms with Crippen molar-refractivity contribution in [3.8, 4) is 0 Å². The van der Waals surface area contributed by atoms with Crippen molar-refractivity contribution < 1.29 is 19.6 Å². The van der Waals surface area contributed by atoms with Crippen molar-refractivity contribution in [1.82, 2.24) is 0 Å². The Kier molecular flexibility index (Phi) is 4.33. The molecule has 1 aromatic carbocycles. The molecule has 1 heterocycles. The van der Waals surface area contributed by atoms with E-state index in [0.717, 1.165) is 19.3 Å². The Labute approximate surface area is 133 Å². The van der Waals surface area contributed by atoms with Gasteiger partial charge in [0.05, 0.1) is 28.9 Å². The molecule has 23 heavy (non-hydrogen) atoms. The molecule has 1 saturated heterocycles. The number of cyclic esters (lactones) is 1. The zero-order chi connectivity index (χ0) is 16.4. The molecular formula is C15H19N3O5. The monoisotopic (exact) mass is 321 g/mol. The van der Waals surface area contributed by atoms with Gasteiger partial charge < -0.3 is 15.2 Å². The van der Waals surface area contributed by atoms with Gasteiger partial charge in [-0.2, -0.15) is 0 Å². The van der Waals surface area contributed by atoms with Gasteiger partial charge in [-0.25, -0.2) is 4.79 Å². The highest BCUT2D eigenvalue weighted by atomic mass is 16.6. The third-order valence-electron chi connectivity index (χ3n) is 4.42. The second kappa shape index (κ2) is 6.41. The highest BCUT2D eigenvalue weighted by molar-refractivity contribution is 5.94. The minimum Gasteiger partial charge on any atom is -0.447 e. The summed E-state index contributed by atoms with van der Waals surface area (Å²) in [5, 5.41) is 24.1. The first kappa shape index (κ1) is 15.5. The molecule has 3 rings (SSSR count). The van der Waals surface area contributed by atoms with Gasteiger partial charge in [0.2, 0.25) is 0 Å². The molecule has 8 heteroatoms. The number of nitrogens with one attached hydrogen (secondary N) is 1. The van der Waals surface area contributed by atoms with Crippen LogP contribution in [-0.2, 0) is 4.74 Å². The molecular weight excluding hydrogens is 302 g/mol. The summed E-state index contributed by atoms with van der Waals surface area (Å²) < 4.78 is 4.92. The number of ether oxygens (including phenoxy) is 1. The zero-order valence-electron chi connectivity index (χ0n) is 12.6. The number of anilines is 2. The maximum absolute atomic E-state index is 11.8. The van der Waals surface area contributed by atoms with Gasteiger partial charge in [-0.15, -0.1) is 0 Å². The molecule has 1 aliphatic heterocycles. The van der Waals surface area contributed by atoms with E-state index in [1.807, 2.05) is 0 Å². The molecule has 124 valence electrons. The smallest absolute Gasteiger partial charge is 0.414 e. The van der Waals surface area contributed by atoms with Crippen LogP contribution in [0, 0.1) is 16.0 Å². The predicted molar refractivity (Wildman–Crippen MR) is 83.6 cm³/mol. The summed E-state index contributed by atoms with van der Waals surface area (Å²) in [6.07, 6.45) is 1.93. The van der Waals surface area contributed by atoms with Gasteiger partial charge in [0.25, 0.3) is 5.69 Å². The summed E-state index contributed by atoms with van der Waals surface area (Å²) in [6.45, 7) is 1.19. The molecule has 0 bridgehead atoms. The van der Waals surface area contributed by atoms with Crippen LogP contribution < -0.4 is 10.2 Å². The lowest BCUT2D eigenvalue weighted by Gasteiger charge is -2.21. The van der Waals surface area contributed by atoms with Gasteiger partial charge in [0, 0.05) is 24.6 Å². The molecule has 0 aromatic heterocycles. The van der Waals surface area contributed by atoms with Crippen LogP contribution in [0.5, 0.6) is 0 Å². The van der Waals surface area contributed by atoms with E-state index in [1.165, 1.54) is 17.0 Å². The maximum atomic E-state index is 11.8. The van der Waals surface area contributed by atoms with Crippen LogP contribution >= 0.6 is 0 Å². The van der Waals surface area contributed by atoms with E-state index >= 15 is 0 Å². The average Bonchev–Trinajstić information content (AvgIpc) is 3.13. The second-order valence-electron chi connectivity index (χ2n) is 5.86. The number of carbonyl (C=O) groups is 1. The number of non-ortho nitro benzene ring substituents is 1. The SMILES string of the molecule is O=C1OCCN1c1cc([N+](=O)[O-])ccc1NCC1CCCC1O. The van der Waals surface area contributed by atoms with Gasteiger partial charge in [0.1, 0.15) is 6.61 Å². The summed E-state index contributed by atoms with van der Waals surface area (Å²) in [4.78, 5) is 23.7. The highest BCUT2D eigenvalue weighted by Gasteiger charge is 2.29. The number of benzene rings is 1. The summed E-state index contributed by atoms with van der Waals surface area (Å²) in [6, 6.07) is 4.37. The van der Waals surface area contributed by atoms with Crippen molar-refractivity contribution in [1.29, 1.82) is 0 Å². The van der Waals surface area contributed by atoms with E-state index < -0.39 is 11.0 Å². The molecule has 0 spiro atoms. The molecule has 1 aromatic rings. The molecule has 2 aliphatic rings. The van der Waals surface area contributed by atoms with Crippen molar-refractivity contribution in [2.24, 2.45) is 5.92 Å². The number of aliphatic hydroxyl groups excluding tert-OH is 1. The third kappa shape index (κ3) is 3.21. The number of nitro groups is 1. The minimum absolute atomic E-state index is 0.0776. The number of carbonyl (C=O) groups excluding carboxylic acids is 1. The third-order valence-corrected chi connectivity index (χ3v) is 4.42. The van der Waals surface area contributed by atoms with Crippen molar-refractivity contribution in [2.45, 2.75) is 25.4 Å². The number of aliphatic hydroxyl groups is 1. The average molecular weight is 321 g/mol. The molecule has 0 radical (unpaired) electrons. The van der Waals surface area contributed by atoms with E-state index in [9.17, 15) is 20.0 Å². The quantitative estimate of drug-likeness (QED) is 0.636. The van der Waals surface area contributed by atoms with Crippen molar-refractivity contribution in [3.63, 3.8) is 0 Å². The Morgan fingerprint density at radius 1 is 1.43 bits per heavy atom. The van der Waals surface area contributed by atoms with E-state index in [-0.39, 0.29) is 24.3 Å². The van der Waals surface area contributed by atoms with Crippen LogP contribution in [0.4, 0.5) is 21.9 Å². The van der Waals surface area contributed by atoms with Gasteiger partial charge in [-0.05, 0) is 18.9 Å². The van der Waals surface area contributed by atoms with Crippen LogP contribution in [-0.4, -0.2) is 41.9 Å². The Morgan fingerprint density at radius 3 is 2.87 bits per heavy atom. The molecule has 8 nitrogen and oxygen atoms in total. The normalized spacial score (nSPS) is 23.9. The standard InChI is InChI=1S/C15H19N3O5/c19-14-3-1-2-10(14)9-16-12-5-4-11(18(21)22)8-13(12)17-6-7-23-15(17)20/h4-5,8,10,14,16,19H,1-3,6-7,9H2. The van der Waals surface area contributed by atoms with Gasteiger partial charge in [-0.1, -0.05) is 6.42 Å². The summed E-state index contributed by atoms with van der Waals surface area (Å²) in [5.41, 5.74) is 0.994. The lowest BCUT2D eigenvalue weighted by Crippen LogP contribution is -2.26. The second-order valence-corrected chi connectivity index (χ2v) is 5.86. The number of rotatable bonds is 5. The van der Waals surface area contributed by atoms with Crippen LogP contribution in [0.1, 0.15) is 19.3 Å². The summed E-state index contributed by atoms with van der Waals surface area (Å²) in [7, 11) is 0. The maximum Gasteiger partial charge on any atom is 0.414 e. The Bertz CT molecular complexity index is 621. The van der Waals surface area contributed by atoms with Crippen LogP contribution in [0.15, 0.2) is 18.2 Å². The lowest BCUT2D eigenvalue weighted by atomic mass is 10.1. The lowest BCUT2D eigenvalue weighted by molar-refractivity contribution is -0.384. The van der Waals surface area contributed by atoms with E-state index in [0.29, 0.717) is 24.5 Å². The van der Waals surface area contributed by atoms with Crippen LogP contribution in [0.2, 0.25) is 0 Å². The Morgan fingerprint density at radius 2 is 2.26 bits per heavy atom. The van der Waals surface area contributed by atoms with Crippen LogP contribution in [0.25, 0.3) is 0 Å².